The van der Waals surface area contributed by atoms with Crippen molar-refractivity contribution in [2.75, 3.05) is 33.4 Å². The lowest BCUT2D eigenvalue weighted by molar-refractivity contribution is -0.145. The van der Waals surface area contributed by atoms with E-state index in [1.807, 2.05) is 0 Å². The first kappa shape index (κ1) is 20.2. The summed E-state index contributed by atoms with van der Waals surface area (Å²) in [5, 5.41) is 9.37. The zero-order valence-corrected chi connectivity index (χ0v) is 16.1. The smallest absolute Gasteiger partial charge is 0.309 e. The van der Waals surface area contributed by atoms with Gasteiger partial charge in [-0.3, -0.25) is 9.59 Å². The van der Waals surface area contributed by atoms with Crippen molar-refractivity contribution in [2.24, 2.45) is 11.8 Å². The molecule has 2 saturated heterocycles. The Morgan fingerprint density at radius 1 is 1.32 bits per heavy atom. The number of hydrogen-bond acceptors (Lipinski definition) is 5. The van der Waals surface area contributed by atoms with Crippen molar-refractivity contribution >= 4 is 11.9 Å². The molecule has 0 radical (unpaired) electrons. The molecular weight excluding hydrogens is 362 g/mol. The van der Waals surface area contributed by atoms with Crippen molar-refractivity contribution in [1.29, 1.82) is 0 Å². The summed E-state index contributed by atoms with van der Waals surface area (Å²) in [6.07, 6.45) is 3.41. The van der Waals surface area contributed by atoms with Crippen molar-refractivity contribution in [2.45, 2.75) is 25.4 Å². The molecule has 7 heteroatoms. The van der Waals surface area contributed by atoms with E-state index < -0.39 is 11.9 Å². The molecule has 1 aromatic rings. The normalized spacial score (nSPS) is 22.7. The molecule has 2 atom stereocenters. The molecule has 1 aromatic carbocycles. The van der Waals surface area contributed by atoms with Crippen molar-refractivity contribution in [1.82, 2.24) is 4.90 Å². The fourth-order valence-corrected chi connectivity index (χ4v) is 4.02. The van der Waals surface area contributed by atoms with Crippen LogP contribution in [0.5, 0.6) is 11.5 Å². The number of nitrogens with zero attached hydrogens (tertiary/aromatic N) is 1. The molecule has 28 heavy (non-hydrogen) atoms. The molecule has 1 unspecified atom stereocenters. The third kappa shape index (κ3) is 4.30. The number of likely N-dealkylation sites (tertiary alicyclic amines) is 1. The number of ether oxygens (including phenoxy) is 3. The Balaban J connectivity index is 1.66. The van der Waals surface area contributed by atoms with Gasteiger partial charge >= 0.3 is 5.97 Å². The number of rotatable bonds is 7. The summed E-state index contributed by atoms with van der Waals surface area (Å²) in [7, 11) is 1.56. The number of methoxy groups -OCH3 is 1. The molecule has 152 valence electrons. The summed E-state index contributed by atoms with van der Waals surface area (Å²) in [4.78, 5) is 26.2. The standard InChI is InChI=1S/C21H27NO6/c1-3-11-27-18-13-15(26-2)4-5-16(18)20(23)22-9-6-14(7-10-22)19-17(21(24)25)8-12-28-19/h3-5,13-14,17,19H,1,6-12H2,2H3,(H,24,25)/t17?,19-/m0/s1. The average Bonchev–Trinajstić information content (AvgIpc) is 3.22. The molecule has 0 saturated carbocycles. The highest BCUT2D eigenvalue weighted by Gasteiger charge is 2.41. The second kappa shape index (κ2) is 9.10. The molecule has 7 nitrogen and oxygen atoms in total. The first-order valence-electron chi connectivity index (χ1n) is 9.60. The first-order chi connectivity index (χ1) is 13.5. The maximum Gasteiger partial charge on any atom is 0.309 e. The number of amides is 1. The van der Waals surface area contributed by atoms with Gasteiger partial charge in [-0.15, -0.1) is 0 Å². The molecule has 3 rings (SSSR count). The van der Waals surface area contributed by atoms with Crippen LogP contribution in [0.2, 0.25) is 0 Å². The van der Waals surface area contributed by atoms with Gasteiger partial charge in [0.05, 0.1) is 24.7 Å². The van der Waals surface area contributed by atoms with Gasteiger partial charge in [0.25, 0.3) is 5.91 Å². The monoisotopic (exact) mass is 389 g/mol. The highest BCUT2D eigenvalue weighted by molar-refractivity contribution is 5.97. The number of benzene rings is 1. The molecule has 1 amide bonds. The van der Waals surface area contributed by atoms with Crippen molar-refractivity contribution in [3.8, 4) is 11.5 Å². The number of carbonyl (C=O) groups is 2. The van der Waals surface area contributed by atoms with E-state index in [2.05, 4.69) is 6.58 Å². The number of carboxylic acids is 1. The third-order valence-corrected chi connectivity index (χ3v) is 5.52. The summed E-state index contributed by atoms with van der Waals surface area (Å²) in [5.41, 5.74) is 0.488. The van der Waals surface area contributed by atoms with E-state index >= 15 is 0 Å². The maximum absolute atomic E-state index is 13.0. The van der Waals surface area contributed by atoms with Crippen LogP contribution in [0.4, 0.5) is 0 Å². The molecule has 1 N–H and O–H groups in total. The van der Waals surface area contributed by atoms with Crippen LogP contribution in [0.1, 0.15) is 29.6 Å². The number of carboxylic acid groups (broad SMARTS) is 1. The van der Waals surface area contributed by atoms with E-state index in [0.29, 0.717) is 49.8 Å². The molecule has 2 aliphatic rings. The zero-order chi connectivity index (χ0) is 20.1. The van der Waals surface area contributed by atoms with E-state index in [1.54, 1.807) is 36.3 Å². The lowest BCUT2D eigenvalue weighted by Gasteiger charge is -2.35. The van der Waals surface area contributed by atoms with Gasteiger partial charge in [0.1, 0.15) is 18.1 Å². The number of hydrogen-bond donors (Lipinski definition) is 1. The predicted molar refractivity (Wildman–Crippen MR) is 103 cm³/mol. The Hall–Kier alpha value is -2.54. The van der Waals surface area contributed by atoms with Gasteiger partial charge in [0.2, 0.25) is 0 Å². The average molecular weight is 389 g/mol. The largest absolute Gasteiger partial charge is 0.497 e. The summed E-state index contributed by atoms with van der Waals surface area (Å²) < 4.78 is 16.6. The Kier molecular flexibility index (Phi) is 6.57. The van der Waals surface area contributed by atoms with Crippen LogP contribution in [0.3, 0.4) is 0 Å². The highest BCUT2D eigenvalue weighted by Crippen LogP contribution is 2.34. The van der Waals surface area contributed by atoms with Crippen LogP contribution in [0, 0.1) is 11.8 Å². The van der Waals surface area contributed by atoms with Crippen molar-refractivity contribution < 1.29 is 28.9 Å². The van der Waals surface area contributed by atoms with Crippen LogP contribution in [0.25, 0.3) is 0 Å². The highest BCUT2D eigenvalue weighted by atomic mass is 16.5. The Morgan fingerprint density at radius 2 is 2.07 bits per heavy atom. The second-order valence-electron chi connectivity index (χ2n) is 7.16. The SMILES string of the molecule is C=CCOc1cc(OC)ccc1C(=O)N1CCC([C@@H]2OCCC2C(=O)O)CC1. The minimum atomic E-state index is -0.789. The topological polar surface area (TPSA) is 85.3 Å². The fraction of sp³-hybridized carbons (Fsp3) is 0.524. The van der Waals surface area contributed by atoms with E-state index in [9.17, 15) is 14.7 Å². The maximum atomic E-state index is 13.0. The van der Waals surface area contributed by atoms with Gasteiger partial charge in [0, 0.05) is 25.8 Å². The van der Waals surface area contributed by atoms with Crippen LogP contribution >= 0.6 is 0 Å². The zero-order valence-electron chi connectivity index (χ0n) is 16.1. The molecule has 0 bridgehead atoms. The summed E-state index contributed by atoms with van der Waals surface area (Å²) in [5.74, 6) is -0.0675. The number of carbonyl (C=O) groups excluding carboxylic acids is 1. The molecule has 0 aliphatic carbocycles. The van der Waals surface area contributed by atoms with Crippen LogP contribution in [0.15, 0.2) is 30.9 Å². The summed E-state index contributed by atoms with van der Waals surface area (Å²) in [6.45, 7) is 5.58. The molecule has 0 spiro atoms. The summed E-state index contributed by atoms with van der Waals surface area (Å²) in [6, 6.07) is 5.16. The predicted octanol–water partition coefficient (Wildman–Crippen LogP) is 2.60. The van der Waals surface area contributed by atoms with Gasteiger partial charge in [-0.25, -0.2) is 0 Å². The third-order valence-electron chi connectivity index (χ3n) is 5.52. The van der Waals surface area contributed by atoms with E-state index in [4.69, 9.17) is 14.2 Å². The van der Waals surface area contributed by atoms with Gasteiger partial charge in [-0.1, -0.05) is 12.7 Å². The molecule has 2 fully saturated rings. The van der Waals surface area contributed by atoms with Crippen molar-refractivity contribution in [3.05, 3.63) is 36.4 Å². The van der Waals surface area contributed by atoms with Gasteiger partial charge in [-0.05, 0) is 37.3 Å². The van der Waals surface area contributed by atoms with Crippen molar-refractivity contribution in [3.63, 3.8) is 0 Å². The minimum Gasteiger partial charge on any atom is -0.497 e. The molecule has 2 heterocycles. The van der Waals surface area contributed by atoms with Gasteiger partial charge < -0.3 is 24.2 Å². The lowest BCUT2D eigenvalue weighted by Crippen LogP contribution is -2.43. The van der Waals surface area contributed by atoms with Gasteiger partial charge in [0.15, 0.2) is 0 Å². The Morgan fingerprint density at radius 3 is 2.71 bits per heavy atom. The lowest BCUT2D eigenvalue weighted by atomic mass is 9.84. The quantitative estimate of drug-likeness (QED) is 0.722. The fourth-order valence-electron chi connectivity index (χ4n) is 4.02. The van der Waals surface area contributed by atoms with E-state index in [1.165, 1.54) is 0 Å². The number of piperidine rings is 1. The van der Waals surface area contributed by atoms with E-state index in [0.717, 1.165) is 12.8 Å². The summed E-state index contributed by atoms with van der Waals surface area (Å²) >= 11 is 0. The van der Waals surface area contributed by atoms with Crippen LogP contribution < -0.4 is 9.47 Å². The van der Waals surface area contributed by atoms with E-state index in [-0.39, 0.29) is 17.9 Å². The van der Waals surface area contributed by atoms with Crippen LogP contribution in [-0.2, 0) is 9.53 Å². The minimum absolute atomic E-state index is 0.0951. The molecular formula is C21H27NO6. The van der Waals surface area contributed by atoms with Crippen LogP contribution in [-0.4, -0.2) is 61.4 Å². The Labute approximate surface area is 164 Å². The molecule has 0 aromatic heterocycles. The van der Waals surface area contributed by atoms with Gasteiger partial charge in [-0.2, -0.15) is 0 Å². The Bertz CT molecular complexity index is 726. The first-order valence-corrected chi connectivity index (χ1v) is 9.60. The number of aliphatic carboxylic acids is 1. The molecule has 2 aliphatic heterocycles. The second-order valence-corrected chi connectivity index (χ2v) is 7.16.